The van der Waals surface area contributed by atoms with Crippen LogP contribution in [0.15, 0.2) is 24.3 Å². The number of carboxylic acid groups (broad SMARTS) is 1. The van der Waals surface area contributed by atoms with Crippen LogP contribution in [0.4, 0.5) is 4.79 Å². The number of urea groups is 1. The minimum Gasteiger partial charge on any atom is -0.481 e. The van der Waals surface area contributed by atoms with Gasteiger partial charge in [0, 0.05) is 26.7 Å². The first-order valence-electron chi connectivity index (χ1n) is 6.94. The monoisotopic (exact) mass is 292 g/mol. The van der Waals surface area contributed by atoms with Gasteiger partial charge in [0.1, 0.15) is 0 Å². The van der Waals surface area contributed by atoms with Gasteiger partial charge in [-0.1, -0.05) is 24.3 Å². The number of nitrogens with zero attached hydrogens (tertiary/aromatic N) is 1. The third kappa shape index (κ3) is 4.19. The molecule has 6 heteroatoms. The van der Waals surface area contributed by atoms with E-state index in [1.807, 2.05) is 12.1 Å². The third-order valence-corrected chi connectivity index (χ3v) is 3.66. The molecule has 2 N–H and O–H groups in total. The summed E-state index contributed by atoms with van der Waals surface area (Å²) in [6.07, 6.45) is 0.913. The SMILES string of the molecule is COC1CCN(C(=O)NCc2ccccc2CC(=O)O)C1. The van der Waals surface area contributed by atoms with Crippen LogP contribution in [-0.2, 0) is 22.5 Å². The quantitative estimate of drug-likeness (QED) is 0.856. The summed E-state index contributed by atoms with van der Waals surface area (Å²) in [4.78, 5) is 24.6. The first-order valence-corrected chi connectivity index (χ1v) is 6.94. The van der Waals surface area contributed by atoms with Crippen molar-refractivity contribution >= 4 is 12.0 Å². The Morgan fingerprint density at radius 3 is 2.71 bits per heavy atom. The predicted octanol–water partition coefficient (Wildman–Crippen LogP) is 1.24. The van der Waals surface area contributed by atoms with Crippen molar-refractivity contribution < 1.29 is 19.4 Å². The molecular weight excluding hydrogens is 272 g/mol. The fourth-order valence-electron chi connectivity index (χ4n) is 2.45. The first kappa shape index (κ1) is 15.3. The standard InChI is InChI=1S/C15H20N2O4/c1-21-13-6-7-17(10-13)15(20)16-9-12-5-3-2-4-11(12)8-14(18)19/h2-5,13H,6-10H2,1H3,(H,16,20)(H,18,19). The van der Waals surface area contributed by atoms with E-state index in [9.17, 15) is 9.59 Å². The van der Waals surface area contributed by atoms with Crippen molar-refractivity contribution in [2.24, 2.45) is 0 Å². The maximum atomic E-state index is 12.1. The van der Waals surface area contributed by atoms with E-state index in [0.29, 0.717) is 19.6 Å². The van der Waals surface area contributed by atoms with Crippen LogP contribution in [0.2, 0.25) is 0 Å². The Hall–Kier alpha value is -2.08. The number of methoxy groups -OCH3 is 1. The predicted molar refractivity (Wildman–Crippen MR) is 77.0 cm³/mol. The zero-order valence-corrected chi connectivity index (χ0v) is 12.0. The lowest BCUT2D eigenvalue weighted by Crippen LogP contribution is -2.38. The number of carbonyl (C=O) groups excluding carboxylic acids is 1. The molecule has 2 rings (SSSR count). The molecule has 0 bridgehead atoms. The van der Waals surface area contributed by atoms with E-state index in [1.165, 1.54) is 0 Å². The van der Waals surface area contributed by atoms with Gasteiger partial charge >= 0.3 is 12.0 Å². The van der Waals surface area contributed by atoms with Crippen molar-refractivity contribution in [3.8, 4) is 0 Å². The number of hydrogen-bond donors (Lipinski definition) is 2. The van der Waals surface area contributed by atoms with Crippen molar-refractivity contribution in [1.82, 2.24) is 10.2 Å². The first-order chi connectivity index (χ1) is 10.1. The van der Waals surface area contributed by atoms with Gasteiger partial charge in [-0.15, -0.1) is 0 Å². The summed E-state index contributed by atoms with van der Waals surface area (Å²) in [5.41, 5.74) is 1.55. The number of ether oxygens (including phenoxy) is 1. The fourth-order valence-corrected chi connectivity index (χ4v) is 2.45. The topological polar surface area (TPSA) is 78.9 Å². The molecule has 114 valence electrons. The Morgan fingerprint density at radius 2 is 2.10 bits per heavy atom. The largest absolute Gasteiger partial charge is 0.481 e. The number of nitrogens with one attached hydrogen (secondary N) is 1. The van der Waals surface area contributed by atoms with Crippen molar-refractivity contribution in [3.63, 3.8) is 0 Å². The van der Waals surface area contributed by atoms with E-state index in [1.54, 1.807) is 24.1 Å². The van der Waals surface area contributed by atoms with Gasteiger partial charge in [0.2, 0.25) is 0 Å². The van der Waals surface area contributed by atoms with Crippen LogP contribution < -0.4 is 5.32 Å². The third-order valence-electron chi connectivity index (χ3n) is 3.66. The second-order valence-electron chi connectivity index (χ2n) is 5.09. The van der Waals surface area contributed by atoms with E-state index in [-0.39, 0.29) is 18.6 Å². The molecule has 0 saturated carbocycles. The normalized spacial score (nSPS) is 17.8. The summed E-state index contributed by atoms with van der Waals surface area (Å²) in [6.45, 7) is 1.61. The molecule has 1 aromatic carbocycles. The molecule has 0 spiro atoms. The van der Waals surface area contributed by atoms with Gasteiger partial charge in [-0.2, -0.15) is 0 Å². The van der Waals surface area contributed by atoms with E-state index >= 15 is 0 Å². The lowest BCUT2D eigenvalue weighted by atomic mass is 10.0. The Labute approximate surface area is 123 Å². The lowest BCUT2D eigenvalue weighted by molar-refractivity contribution is -0.136. The molecule has 1 unspecified atom stereocenters. The van der Waals surface area contributed by atoms with Crippen LogP contribution in [0.5, 0.6) is 0 Å². The average Bonchev–Trinajstić information content (AvgIpc) is 2.94. The van der Waals surface area contributed by atoms with Gasteiger partial charge in [0.05, 0.1) is 12.5 Å². The van der Waals surface area contributed by atoms with Gasteiger partial charge in [0.25, 0.3) is 0 Å². The van der Waals surface area contributed by atoms with Gasteiger partial charge < -0.3 is 20.1 Å². The van der Waals surface area contributed by atoms with Crippen molar-refractivity contribution in [1.29, 1.82) is 0 Å². The van der Waals surface area contributed by atoms with Crippen molar-refractivity contribution in [2.75, 3.05) is 20.2 Å². The molecule has 2 amide bonds. The van der Waals surface area contributed by atoms with Crippen LogP contribution in [0, 0.1) is 0 Å². The van der Waals surface area contributed by atoms with Crippen LogP contribution in [-0.4, -0.2) is 48.3 Å². The highest BCUT2D eigenvalue weighted by atomic mass is 16.5. The second-order valence-corrected chi connectivity index (χ2v) is 5.09. The number of likely N-dealkylation sites (tertiary alicyclic amines) is 1. The highest BCUT2D eigenvalue weighted by molar-refractivity contribution is 5.75. The number of rotatable bonds is 5. The lowest BCUT2D eigenvalue weighted by Gasteiger charge is -2.17. The van der Waals surface area contributed by atoms with E-state index in [2.05, 4.69) is 5.32 Å². The number of aliphatic carboxylic acids is 1. The van der Waals surface area contributed by atoms with Crippen molar-refractivity contribution in [3.05, 3.63) is 35.4 Å². The number of carboxylic acids is 1. The minimum absolute atomic E-state index is 0.0402. The summed E-state index contributed by atoms with van der Waals surface area (Å²) in [6, 6.07) is 7.10. The number of carbonyl (C=O) groups is 2. The molecular formula is C15H20N2O4. The molecule has 0 aromatic heterocycles. The molecule has 1 aliphatic heterocycles. The molecule has 0 radical (unpaired) electrons. The number of benzene rings is 1. The van der Waals surface area contributed by atoms with Gasteiger partial charge in [-0.3, -0.25) is 4.79 Å². The number of amides is 2. The van der Waals surface area contributed by atoms with E-state index in [4.69, 9.17) is 9.84 Å². The second kappa shape index (κ2) is 7.08. The van der Waals surface area contributed by atoms with Crippen molar-refractivity contribution in [2.45, 2.75) is 25.5 Å². The van der Waals surface area contributed by atoms with Crippen LogP contribution in [0.3, 0.4) is 0 Å². The van der Waals surface area contributed by atoms with E-state index in [0.717, 1.165) is 17.5 Å². The maximum Gasteiger partial charge on any atom is 0.317 e. The van der Waals surface area contributed by atoms with Crippen LogP contribution in [0.25, 0.3) is 0 Å². The Bertz CT molecular complexity index is 518. The Morgan fingerprint density at radius 1 is 1.38 bits per heavy atom. The van der Waals surface area contributed by atoms with Crippen LogP contribution >= 0.6 is 0 Å². The molecule has 0 aliphatic carbocycles. The molecule has 21 heavy (non-hydrogen) atoms. The molecule has 6 nitrogen and oxygen atoms in total. The highest BCUT2D eigenvalue weighted by Gasteiger charge is 2.25. The summed E-state index contributed by atoms with van der Waals surface area (Å²) in [5, 5.41) is 11.7. The maximum absolute atomic E-state index is 12.1. The molecule has 1 atom stereocenters. The molecule has 1 fully saturated rings. The smallest absolute Gasteiger partial charge is 0.317 e. The van der Waals surface area contributed by atoms with Gasteiger partial charge in [0.15, 0.2) is 0 Å². The molecule has 1 aromatic rings. The number of hydrogen-bond acceptors (Lipinski definition) is 3. The molecule has 1 saturated heterocycles. The Kier molecular flexibility index (Phi) is 5.16. The molecule has 1 heterocycles. The minimum atomic E-state index is -0.878. The molecule has 1 aliphatic rings. The Balaban J connectivity index is 1.91. The van der Waals surface area contributed by atoms with E-state index < -0.39 is 5.97 Å². The summed E-state index contributed by atoms with van der Waals surface area (Å²) >= 11 is 0. The summed E-state index contributed by atoms with van der Waals surface area (Å²) in [7, 11) is 1.65. The summed E-state index contributed by atoms with van der Waals surface area (Å²) < 4.78 is 5.23. The zero-order chi connectivity index (χ0) is 15.2. The van der Waals surface area contributed by atoms with Gasteiger partial charge in [-0.05, 0) is 17.5 Å². The zero-order valence-electron chi connectivity index (χ0n) is 12.0. The van der Waals surface area contributed by atoms with Crippen LogP contribution in [0.1, 0.15) is 17.5 Å². The highest BCUT2D eigenvalue weighted by Crippen LogP contribution is 2.13. The average molecular weight is 292 g/mol. The summed E-state index contributed by atoms with van der Waals surface area (Å²) in [5.74, 6) is -0.878. The fraction of sp³-hybridized carbons (Fsp3) is 0.467. The van der Waals surface area contributed by atoms with Gasteiger partial charge in [-0.25, -0.2) is 4.79 Å².